The highest BCUT2D eigenvalue weighted by Gasteiger charge is 2.51. The van der Waals surface area contributed by atoms with Crippen molar-refractivity contribution in [2.24, 2.45) is 5.73 Å². The number of halogens is 3. The molecule has 4 N–H and O–H groups in total. The van der Waals surface area contributed by atoms with Crippen molar-refractivity contribution in [3.63, 3.8) is 0 Å². The molecule has 0 saturated carbocycles. The van der Waals surface area contributed by atoms with Crippen LogP contribution >= 0.6 is 11.8 Å². The molecule has 0 aromatic carbocycles. The summed E-state index contributed by atoms with van der Waals surface area (Å²) in [5.41, 5.74) is 6.48. The van der Waals surface area contributed by atoms with E-state index in [0.29, 0.717) is 29.9 Å². The van der Waals surface area contributed by atoms with Crippen molar-refractivity contribution in [3.8, 4) is 6.07 Å². The first-order valence-corrected chi connectivity index (χ1v) is 9.28. The first-order chi connectivity index (χ1) is 13.9. The van der Waals surface area contributed by atoms with Crippen LogP contribution in [0.1, 0.15) is 6.42 Å². The first kappa shape index (κ1) is 23.2. The van der Waals surface area contributed by atoms with Gasteiger partial charge < -0.3 is 20.8 Å². The number of β-lactam (4-membered cyclic amide) rings is 1. The lowest BCUT2D eigenvalue weighted by Gasteiger charge is -2.47. The SMILES string of the molecule is N#CCN1CCC(=CC2=C(C(=O)O)N3C(=O)[C@@H](N)[C@H]3SC2)C1=O.O=C(O)C(F)(F)F. The number of rotatable bonds is 3. The third kappa shape index (κ3) is 4.57. The second kappa shape index (κ2) is 8.76. The van der Waals surface area contributed by atoms with Crippen LogP contribution in [0.2, 0.25) is 0 Å². The van der Waals surface area contributed by atoms with Crippen molar-refractivity contribution in [2.45, 2.75) is 24.0 Å². The van der Waals surface area contributed by atoms with E-state index in [-0.39, 0.29) is 23.5 Å². The van der Waals surface area contributed by atoms with Crippen molar-refractivity contribution in [2.75, 3.05) is 18.8 Å². The summed E-state index contributed by atoms with van der Waals surface area (Å²) in [7, 11) is 0. The van der Waals surface area contributed by atoms with Gasteiger partial charge in [-0.3, -0.25) is 14.5 Å². The molecule has 0 bridgehead atoms. The number of thioether (sulfide) groups is 1. The number of hydrogen-bond donors (Lipinski definition) is 3. The number of carbonyl (C=O) groups excluding carboxylic acids is 2. The largest absolute Gasteiger partial charge is 0.490 e. The molecule has 3 heterocycles. The van der Waals surface area contributed by atoms with E-state index in [1.165, 1.54) is 21.6 Å². The number of hydrogen-bond acceptors (Lipinski definition) is 7. The molecule has 0 aliphatic carbocycles. The van der Waals surface area contributed by atoms with E-state index in [4.69, 9.17) is 20.9 Å². The average Bonchev–Trinajstić information content (AvgIpc) is 3.00. The standard InChI is InChI=1S/C14H14N4O4S.C2HF3O2/c15-2-4-17-3-1-7(11(17)19)5-8-6-23-13-9(16)12(20)18(13)10(8)14(21)22;3-2(4,5)1(6)7/h5,9,13H,1,3-4,6,16H2,(H,21,22);(H,6,7)/t9-,13-;/m1./s1. The normalized spacial score (nSPS) is 24.7. The number of aliphatic carboxylic acids is 2. The van der Waals surface area contributed by atoms with Gasteiger partial charge in [-0.1, -0.05) is 0 Å². The van der Waals surface area contributed by atoms with Gasteiger partial charge >= 0.3 is 18.1 Å². The van der Waals surface area contributed by atoms with Gasteiger partial charge in [0.1, 0.15) is 23.7 Å². The van der Waals surface area contributed by atoms with Gasteiger partial charge in [-0.15, -0.1) is 11.8 Å². The van der Waals surface area contributed by atoms with Crippen molar-refractivity contribution in [3.05, 3.63) is 22.9 Å². The number of carboxylic acids is 2. The molecule has 162 valence electrons. The van der Waals surface area contributed by atoms with Gasteiger partial charge in [0.2, 0.25) is 5.91 Å². The second-order valence-electron chi connectivity index (χ2n) is 6.22. The maximum Gasteiger partial charge on any atom is 0.490 e. The number of nitrogens with two attached hydrogens (primary N) is 1. The smallest absolute Gasteiger partial charge is 0.477 e. The number of alkyl halides is 3. The number of nitriles is 1. The van der Waals surface area contributed by atoms with Crippen molar-refractivity contribution in [1.29, 1.82) is 5.26 Å². The molecule has 0 unspecified atom stereocenters. The first-order valence-electron chi connectivity index (χ1n) is 8.23. The Morgan fingerprint density at radius 3 is 2.43 bits per heavy atom. The fraction of sp³-hybridized carbons (Fsp3) is 0.438. The van der Waals surface area contributed by atoms with E-state index < -0.39 is 30.1 Å². The van der Waals surface area contributed by atoms with Crippen LogP contribution in [0.5, 0.6) is 0 Å². The molecular weight excluding hydrogens is 433 g/mol. The minimum absolute atomic E-state index is 0.0112. The zero-order chi connectivity index (χ0) is 22.8. The van der Waals surface area contributed by atoms with Crippen LogP contribution in [0.25, 0.3) is 0 Å². The molecule has 2 amide bonds. The maximum atomic E-state index is 12.2. The molecule has 0 spiro atoms. The van der Waals surface area contributed by atoms with E-state index in [1.807, 2.05) is 6.07 Å². The summed E-state index contributed by atoms with van der Waals surface area (Å²) >= 11 is 1.39. The van der Waals surface area contributed by atoms with Gasteiger partial charge in [0.15, 0.2) is 0 Å². The summed E-state index contributed by atoms with van der Waals surface area (Å²) in [6.45, 7) is 0.453. The number of carboxylic acid groups (broad SMARTS) is 2. The van der Waals surface area contributed by atoms with Gasteiger partial charge in [-0.05, 0) is 18.1 Å². The summed E-state index contributed by atoms with van der Waals surface area (Å²) in [6.07, 6.45) is -3.08. The van der Waals surface area contributed by atoms with Crippen LogP contribution in [0, 0.1) is 11.3 Å². The van der Waals surface area contributed by atoms with Crippen LogP contribution < -0.4 is 5.73 Å². The molecular formula is C16H15F3N4O6S. The molecule has 2 atom stereocenters. The van der Waals surface area contributed by atoms with Crippen LogP contribution in [0.15, 0.2) is 22.9 Å². The third-order valence-corrected chi connectivity index (χ3v) is 5.63. The Morgan fingerprint density at radius 2 is 1.93 bits per heavy atom. The molecule has 3 rings (SSSR count). The predicted molar refractivity (Wildman–Crippen MR) is 94.3 cm³/mol. The van der Waals surface area contributed by atoms with E-state index in [2.05, 4.69) is 0 Å². The van der Waals surface area contributed by atoms with Crippen LogP contribution in [-0.4, -0.2) is 80.2 Å². The number of amides is 2. The lowest BCUT2D eigenvalue weighted by atomic mass is 10.0. The molecule has 3 aliphatic rings. The summed E-state index contributed by atoms with van der Waals surface area (Å²) in [5, 5.41) is 24.9. The van der Waals surface area contributed by atoms with Crippen LogP contribution in [0.3, 0.4) is 0 Å². The highest BCUT2D eigenvalue weighted by atomic mass is 32.2. The number of nitrogens with zero attached hydrogens (tertiary/aromatic N) is 3. The van der Waals surface area contributed by atoms with Crippen LogP contribution in [0.4, 0.5) is 13.2 Å². The Hall–Kier alpha value is -3.05. The van der Waals surface area contributed by atoms with Gasteiger partial charge in [0.25, 0.3) is 5.91 Å². The van der Waals surface area contributed by atoms with E-state index in [9.17, 15) is 32.7 Å². The van der Waals surface area contributed by atoms with E-state index >= 15 is 0 Å². The summed E-state index contributed by atoms with van der Waals surface area (Å²) < 4.78 is 31.7. The molecule has 2 fully saturated rings. The van der Waals surface area contributed by atoms with Crippen molar-refractivity contribution in [1.82, 2.24) is 9.80 Å². The number of fused-ring (bicyclic) bond motifs is 1. The highest BCUT2D eigenvalue weighted by Crippen LogP contribution is 2.40. The van der Waals surface area contributed by atoms with Gasteiger partial charge in [0, 0.05) is 17.9 Å². The minimum Gasteiger partial charge on any atom is -0.477 e. The molecule has 0 radical (unpaired) electrons. The number of likely N-dealkylation sites (tertiary alicyclic amines) is 1. The Kier molecular flexibility index (Phi) is 6.78. The topological polar surface area (TPSA) is 165 Å². The Morgan fingerprint density at radius 1 is 1.33 bits per heavy atom. The zero-order valence-corrected chi connectivity index (χ0v) is 15.9. The lowest BCUT2D eigenvalue weighted by molar-refractivity contribution is -0.192. The second-order valence-corrected chi connectivity index (χ2v) is 7.33. The summed E-state index contributed by atoms with van der Waals surface area (Å²) in [6, 6.07) is 1.25. The van der Waals surface area contributed by atoms with Gasteiger partial charge in [-0.2, -0.15) is 18.4 Å². The summed E-state index contributed by atoms with van der Waals surface area (Å²) in [5.74, 6) is -4.27. The monoisotopic (exact) mass is 448 g/mol. The highest BCUT2D eigenvalue weighted by molar-refractivity contribution is 8.00. The fourth-order valence-corrected chi connectivity index (χ4v) is 4.15. The zero-order valence-electron chi connectivity index (χ0n) is 15.0. The number of carbonyl (C=O) groups is 4. The Bertz CT molecular complexity index is 894. The fourth-order valence-electron chi connectivity index (χ4n) is 2.90. The van der Waals surface area contributed by atoms with E-state index in [0.717, 1.165) is 0 Å². The van der Waals surface area contributed by atoms with E-state index in [1.54, 1.807) is 6.08 Å². The minimum atomic E-state index is -5.08. The van der Waals surface area contributed by atoms with Crippen LogP contribution in [-0.2, 0) is 19.2 Å². The Labute approximate surface area is 171 Å². The molecule has 10 nitrogen and oxygen atoms in total. The Balaban J connectivity index is 0.000000396. The van der Waals surface area contributed by atoms with Gasteiger partial charge in [0.05, 0.1) is 6.07 Å². The molecule has 14 heteroatoms. The number of allylic oxidation sites excluding steroid dienone is 1. The maximum absolute atomic E-state index is 12.2. The average molecular weight is 448 g/mol. The van der Waals surface area contributed by atoms with Crippen molar-refractivity contribution >= 4 is 35.5 Å². The lowest BCUT2D eigenvalue weighted by Crippen LogP contribution is -2.68. The molecule has 0 aromatic rings. The molecule has 30 heavy (non-hydrogen) atoms. The molecule has 0 aromatic heterocycles. The molecule has 2 saturated heterocycles. The molecule has 3 aliphatic heterocycles. The third-order valence-electron chi connectivity index (χ3n) is 4.31. The summed E-state index contributed by atoms with van der Waals surface area (Å²) in [4.78, 5) is 47.1. The predicted octanol–water partition coefficient (Wildman–Crippen LogP) is -0.117. The van der Waals surface area contributed by atoms with Gasteiger partial charge in [-0.25, -0.2) is 9.59 Å². The van der Waals surface area contributed by atoms with Crippen molar-refractivity contribution < 1.29 is 42.6 Å². The quantitative estimate of drug-likeness (QED) is 0.303.